The van der Waals surface area contributed by atoms with Crippen molar-refractivity contribution in [2.45, 2.75) is 38.3 Å². The highest BCUT2D eigenvalue weighted by molar-refractivity contribution is 5.91. The van der Waals surface area contributed by atoms with Gasteiger partial charge in [-0.1, -0.05) is 12.1 Å². The SMILES string of the molecule is COc1ccc(CN2C[C@@H](C(=O)N3CCCC[C@@H]3C(=O)O)CC2=O)cc1. The van der Waals surface area contributed by atoms with E-state index in [-0.39, 0.29) is 18.2 Å². The van der Waals surface area contributed by atoms with Crippen LogP contribution in [0.15, 0.2) is 24.3 Å². The maximum Gasteiger partial charge on any atom is 0.326 e. The maximum absolute atomic E-state index is 12.8. The molecule has 0 saturated carbocycles. The Labute approximate surface area is 152 Å². The van der Waals surface area contributed by atoms with Crippen molar-refractivity contribution in [2.75, 3.05) is 20.2 Å². The van der Waals surface area contributed by atoms with Crippen molar-refractivity contribution in [3.8, 4) is 5.75 Å². The summed E-state index contributed by atoms with van der Waals surface area (Å²) >= 11 is 0. The zero-order chi connectivity index (χ0) is 18.7. The number of amides is 2. The molecular weight excluding hydrogens is 336 g/mol. The molecule has 1 aromatic rings. The molecule has 7 heteroatoms. The van der Waals surface area contributed by atoms with Crippen molar-refractivity contribution in [3.05, 3.63) is 29.8 Å². The normalized spacial score (nSPS) is 23.2. The number of rotatable bonds is 5. The van der Waals surface area contributed by atoms with E-state index in [4.69, 9.17) is 4.74 Å². The summed E-state index contributed by atoms with van der Waals surface area (Å²) < 4.78 is 5.13. The van der Waals surface area contributed by atoms with Crippen LogP contribution in [0, 0.1) is 5.92 Å². The zero-order valence-electron chi connectivity index (χ0n) is 14.9. The third-order valence-electron chi connectivity index (χ3n) is 5.17. The molecule has 0 bridgehead atoms. The van der Waals surface area contributed by atoms with Crippen molar-refractivity contribution < 1.29 is 24.2 Å². The summed E-state index contributed by atoms with van der Waals surface area (Å²) in [6.07, 6.45) is 2.26. The van der Waals surface area contributed by atoms with E-state index in [1.165, 1.54) is 4.90 Å². The van der Waals surface area contributed by atoms with Crippen LogP contribution in [0.2, 0.25) is 0 Å². The number of carbonyl (C=O) groups is 3. The Morgan fingerprint density at radius 3 is 2.62 bits per heavy atom. The summed E-state index contributed by atoms with van der Waals surface area (Å²) in [6, 6.07) is 6.70. The highest BCUT2D eigenvalue weighted by atomic mass is 16.5. The summed E-state index contributed by atoms with van der Waals surface area (Å²) in [6.45, 7) is 1.24. The third-order valence-corrected chi connectivity index (χ3v) is 5.17. The molecule has 0 aliphatic carbocycles. The Kier molecular flexibility index (Phi) is 5.44. The van der Waals surface area contributed by atoms with Gasteiger partial charge in [0, 0.05) is 26.1 Å². The van der Waals surface area contributed by atoms with Crippen molar-refractivity contribution in [3.63, 3.8) is 0 Å². The Balaban J connectivity index is 1.64. The number of aliphatic carboxylic acids is 1. The van der Waals surface area contributed by atoms with E-state index in [0.717, 1.165) is 24.2 Å². The lowest BCUT2D eigenvalue weighted by molar-refractivity contribution is -0.153. The number of hydrogen-bond acceptors (Lipinski definition) is 4. The average Bonchev–Trinajstić information content (AvgIpc) is 3.02. The molecule has 0 aromatic heterocycles. The Hall–Kier alpha value is -2.57. The van der Waals surface area contributed by atoms with Crippen molar-refractivity contribution >= 4 is 17.8 Å². The summed E-state index contributed by atoms with van der Waals surface area (Å²) in [4.78, 5) is 39.7. The molecule has 2 amide bonds. The number of methoxy groups -OCH3 is 1. The standard InChI is InChI=1S/C19H24N2O5/c1-26-15-7-5-13(6-8-15)11-20-12-14(10-17(20)22)18(23)21-9-3-2-4-16(21)19(24)25/h5-8,14,16H,2-4,9-12H2,1H3,(H,24,25)/t14-,16+/m0/s1. The lowest BCUT2D eigenvalue weighted by Gasteiger charge is -2.34. The molecule has 3 rings (SSSR count). The number of nitrogens with zero attached hydrogens (tertiary/aromatic N) is 2. The fraction of sp³-hybridized carbons (Fsp3) is 0.526. The minimum atomic E-state index is -0.961. The van der Waals surface area contributed by atoms with Gasteiger partial charge in [-0.15, -0.1) is 0 Å². The summed E-state index contributed by atoms with van der Waals surface area (Å²) in [5.74, 6) is -0.941. The van der Waals surface area contributed by atoms with E-state index in [9.17, 15) is 19.5 Å². The van der Waals surface area contributed by atoms with Gasteiger partial charge in [0.25, 0.3) is 0 Å². The highest BCUT2D eigenvalue weighted by Crippen LogP contribution is 2.26. The first-order chi connectivity index (χ1) is 12.5. The van der Waals surface area contributed by atoms with Gasteiger partial charge in [-0.3, -0.25) is 9.59 Å². The van der Waals surface area contributed by atoms with Crippen LogP contribution in [0.1, 0.15) is 31.2 Å². The van der Waals surface area contributed by atoms with Crippen LogP contribution in [-0.4, -0.2) is 58.9 Å². The largest absolute Gasteiger partial charge is 0.497 e. The van der Waals surface area contributed by atoms with Gasteiger partial charge in [-0.05, 0) is 37.0 Å². The molecule has 1 aromatic carbocycles. The van der Waals surface area contributed by atoms with E-state index in [1.807, 2.05) is 24.3 Å². The lowest BCUT2D eigenvalue weighted by atomic mass is 9.98. The van der Waals surface area contributed by atoms with E-state index >= 15 is 0 Å². The van der Waals surface area contributed by atoms with Crippen LogP contribution in [-0.2, 0) is 20.9 Å². The van der Waals surface area contributed by atoms with Crippen LogP contribution in [0.3, 0.4) is 0 Å². The molecule has 2 aliphatic rings. The summed E-state index contributed by atoms with van der Waals surface area (Å²) in [5.41, 5.74) is 0.966. The molecule has 1 N–H and O–H groups in total. The number of piperidine rings is 1. The van der Waals surface area contributed by atoms with Gasteiger partial charge in [-0.2, -0.15) is 0 Å². The van der Waals surface area contributed by atoms with Gasteiger partial charge < -0.3 is 19.6 Å². The number of hydrogen-bond donors (Lipinski definition) is 1. The smallest absolute Gasteiger partial charge is 0.326 e. The van der Waals surface area contributed by atoms with Gasteiger partial charge in [0.1, 0.15) is 11.8 Å². The first kappa shape index (κ1) is 18.2. The number of benzene rings is 1. The first-order valence-corrected chi connectivity index (χ1v) is 8.93. The molecule has 2 heterocycles. The number of likely N-dealkylation sites (tertiary alicyclic amines) is 2. The minimum Gasteiger partial charge on any atom is -0.497 e. The van der Waals surface area contributed by atoms with E-state index in [1.54, 1.807) is 12.0 Å². The molecule has 2 fully saturated rings. The van der Waals surface area contributed by atoms with Crippen molar-refractivity contribution in [1.29, 1.82) is 0 Å². The highest BCUT2D eigenvalue weighted by Gasteiger charge is 2.40. The predicted octanol–water partition coefficient (Wildman–Crippen LogP) is 1.51. The number of carboxylic acids is 1. The third kappa shape index (κ3) is 3.81. The lowest BCUT2D eigenvalue weighted by Crippen LogP contribution is -2.50. The van der Waals surface area contributed by atoms with Crippen molar-refractivity contribution in [2.24, 2.45) is 5.92 Å². The fourth-order valence-electron chi connectivity index (χ4n) is 3.73. The fourth-order valence-corrected chi connectivity index (χ4v) is 3.73. The van der Waals surface area contributed by atoms with Gasteiger partial charge in [-0.25, -0.2) is 4.79 Å². The Bertz CT molecular complexity index is 688. The second kappa shape index (κ2) is 7.76. The molecule has 0 radical (unpaired) electrons. The zero-order valence-corrected chi connectivity index (χ0v) is 14.9. The molecule has 2 atom stereocenters. The molecule has 7 nitrogen and oxygen atoms in total. The van der Waals surface area contributed by atoms with Gasteiger partial charge in [0.15, 0.2) is 0 Å². The molecule has 0 unspecified atom stereocenters. The first-order valence-electron chi connectivity index (χ1n) is 8.93. The number of ether oxygens (including phenoxy) is 1. The Morgan fingerprint density at radius 2 is 1.96 bits per heavy atom. The second-order valence-corrected chi connectivity index (χ2v) is 6.90. The summed E-state index contributed by atoms with van der Waals surface area (Å²) in [5, 5.41) is 9.36. The second-order valence-electron chi connectivity index (χ2n) is 6.90. The van der Waals surface area contributed by atoms with Gasteiger partial charge in [0.05, 0.1) is 13.0 Å². The van der Waals surface area contributed by atoms with Crippen molar-refractivity contribution in [1.82, 2.24) is 9.80 Å². The summed E-state index contributed by atoms with van der Waals surface area (Å²) in [7, 11) is 1.60. The molecule has 2 aliphatic heterocycles. The van der Waals surface area contributed by atoms with Crippen LogP contribution >= 0.6 is 0 Å². The maximum atomic E-state index is 12.8. The van der Waals surface area contributed by atoms with E-state index < -0.39 is 17.9 Å². The van der Waals surface area contributed by atoms with Gasteiger partial charge >= 0.3 is 5.97 Å². The minimum absolute atomic E-state index is 0.0666. The quantitative estimate of drug-likeness (QED) is 0.860. The van der Waals surface area contributed by atoms with Crippen LogP contribution in [0.5, 0.6) is 5.75 Å². The number of carboxylic acid groups (broad SMARTS) is 1. The van der Waals surface area contributed by atoms with Crippen LogP contribution < -0.4 is 4.74 Å². The molecule has 0 spiro atoms. The predicted molar refractivity (Wildman–Crippen MR) is 93.5 cm³/mol. The van der Waals surface area contributed by atoms with Gasteiger partial charge in [0.2, 0.25) is 11.8 Å². The molecular formula is C19H24N2O5. The van der Waals surface area contributed by atoms with E-state index in [0.29, 0.717) is 26.1 Å². The molecule has 140 valence electrons. The number of carbonyl (C=O) groups excluding carboxylic acids is 2. The molecule has 26 heavy (non-hydrogen) atoms. The van der Waals surface area contributed by atoms with Crippen LogP contribution in [0.4, 0.5) is 0 Å². The molecule has 2 saturated heterocycles. The van der Waals surface area contributed by atoms with Crippen LogP contribution in [0.25, 0.3) is 0 Å². The monoisotopic (exact) mass is 360 g/mol. The Morgan fingerprint density at radius 1 is 1.23 bits per heavy atom. The van der Waals surface area contributed by atoms with E-state index in [2.05, 4.69) is 0 Å². The topological polar surface area (TPSA) is 87.2 Å². The average molecular weight is 360 g/mol.